The van der Waals surface area contributed by atoms with Crippen molar-refractivity contribution in [1.82, 2.24) is 24.5 Å². The highest BCUT2D eigenvalue weighted by molar-refractivity contribution is 5.91. The molecule has 1 fully saturated rings. The molecule has 0 saturated heterocycles. The summed E-state index contributed by atoms with van der Waals surface area (Å²) in [4.78, 5) is 24.4. The molecule has 1 aromatic carbocycles. The van der Waals surface area contributed by atoms with E-state index in [0.717, 1.165) is 43.5 Å². The van der Waals surface area contributed by atoms with Crippen LogP contribution in [0.4, 0.5) is 0 Å². The topological polar surface area (TPSA) is 63.4 Å². The largest absolute Gasteiger partial charge is 0.326 e. The average Bonchev–Trinajstić information content (AvgIpc) is 3.40. The summed E-state index contributed by atoms with van der Waals surface area (Å²) >= 11 is 0. The molecule has 0 radical (unpaired) electrons. The van der Waals surface area contributed by atoms with Crippen molar-refractivity contribution in [3.05, 3.63) is 58.7 Å². The Morgan fingerprint density at radius 2 is 1.96 bits per heavy atom. The van der Waals surface area contributed by atoms with Gasteiger partial charge in [0.25, 0.3) is 11.7 Å². The van der Waals surface area contributed by atoms with Crippen molar-refractivity contribution in [3.8, 4) is 0 Å². The summed E-state index contributed by atoms with van der Waals surface area (Å²) in [6, 6.07) is 10.9. The fourth-order valence-corrected chi connectivity index (χ4v) is 4.30. The van der Waals surface area contributed by atoms with Gasteiger partial charge in [0, 0.05) is 17.4 Å². The summed E-state index contributed by atoms with van der Waals surface area (Å²) in [6.45, 7) is 3.89. The van der Waals surface area contributed by atoms with Crippen molar-refractivity contribution in [1.29, 1.82) is 0 Å². The number of carbonyl (C=O) groups excluding carboxylic acids is 1. The lowest BCUT2D eigenvalue weighted by atomic mass is 9.86. The van der Waals surface area contributed by atoms with E-state index >= 15 is 0 Å². The van der Waals surface area contributed by atoms with Crippen LogP contribution in [0.1, 0.15) is 64.9 Å². The smallest absolute Gasteiger partial charge is 0.294 e. The number of benzene rings is 1. The van der Waals surface area contributed by atoms with Gasteiger partial charge in [-0.05, 0) is 63.1 Å². The van der Waals surface area contributed by atoms with E-state index < -0.39 is 0 Å². The molecule has 0 aliphatic heterocycles. The van der Waals surface area contributed by atoms with E-state index in [4.69, 9.17) is 0 Å². The van der Waals surface area contributed by atoms with Gasteiger partial charge in [-0.15, -0.1) is 5.10 Å². The van der Waals surface area contributed by atoms with Gasteiger partial charge in [0.15, 0.2) is 0 Å². The molecule has 1 unspecified atom stereocenters. The predicted molar refractivity (Wildman–Crippen MR) is 102 cm³/mol. The number of aromatic nitrogens is 4. The third kappa shape index (κ3) is 2.80. The normalized spacial score (nSPS) is 19.1. The average molecular weight is 361 g/mol. The summed E-state index contributed by atoms with van der Waals surface area (Å²) in [5, 5.41) is 4.49. The number of nitrogens with zero attached hydrogens (tertiary/aromatic N) is 5. The van der Waals surface area contributed by atoms with Gasteiger partial charge in [-0.2, -0.15) is 4.98 Å². The molecule has 6 heteroatoms. The van der Waals surface area contributed by atoms with Crippen LogP contribution >= 0.6 is 0 Å². The van der Waals surface area contributed by atoms with E-state index in [0.29, 0.717) is 11.8 Å². The highest BCUT2D eigenvalue weighted by Gasteiger charge is 2.41. The third-order valence-corrected chi connectivity index (χ3v) is 5.66. The Labute approximate surface area is 158 Å². The second kappa shape index (κ2) is 6.15. The molecule has 6 nitrogen and oxygen atoms in total. The molecule has 1 saturated carbocycles. The molecule has 2 aromatic heterocycles. The SMILES string of the molecule is Cc1cc(C)n2nc(C(=O)N(C3CC3)C3CCCc4ccccc43)nc2n1. The lowest BCUT2D eigenvalue weighted by Crippen LogP contribution is -2.39. The van der Waals surface area contributed by atoms with Crippen LogP contribution in [0.2, 0.25) is 0 Å². The van der Waals surface area contributed by atoms with E-state index in [2.05, 4.69) is 44.2 Å². The van der Waals surface area contributed by atoms with Gasteiger partial charge in [-0.25, -0.2) is 9.50 Å². The molecule has 2 aliphatic carbocycles. The quantitative estimate of drug-likeness (QED) is 0.717. The monoisotopic (exact) mass is 361 g/mol. The van der Waals surface area contributed by atoms with Crippen LogP contribution in [-0.2, 0) is 6.42 Å². The molecule has 1 atom stereocenters. The lowest BCUT2D eigenvalue weighted by molar-refractivity contribution is 0.0625. The Hall–Kier alpha value is -2.76. The van der Waals surface area contributed by atoms with Crippen LogP contribution in [0, 0.1) is 13.8 Å². The molecule has 138 valence electrons. The van der Waals surface area contributed by atoms with Gasteiger partial charge in [0.05, 0.1) is 6.04 Å². The first-order valence-electron chi connectivity index (χ1n) is 9.73. The molecule has 3 aromatic rings. The van der Waals surface area contributed by atoms with Crippen LogP contribution in [0.25, 0.3) is 5.78 Å². The lowest BCUT2D eigenvalue weighted by Gasteiger charge is -2.35. The number of aryl methyl sites for hydroxylation is 3. The second-order valence-corrected chi connectivity index (χ2v) is 7.74. The van der Waals surface area contributed by atoms with Crippen LogP contribution in [-0.4, -0.2) is 36.4 Å². The van der Waals surface area contributed by atoms with Gasteiger partial charge in [-0.3, -0.25) is 4.79 Å². The fourth-order valence-electron chi connectivity index (χ4n) is 4.30. The second-order valence-electron chi connectivity index (χ2n) is 7.74. The number of rotatable bonds is 3. The third-order valence-electron chi connectivity index (χ3n) is 5.66. The van der Waals surface area contributed by atoms with Crippen molar-refractivity contribution >= 4 is 11.7 Å². The van der Waals surface area contributed by atoms with Crippen molar-refractivity contribution in [2.45, 2.75) is 58.0 Å². The highest BCUT2D eigenvalue weighted by atomic mass is 16.2. The van der Waals surface area contributed by atoms with Crippen LogP contribution in [0.5, 0.6) is 0 Å². The molecule has 2 heterocycles. The first kappa shape index (κ1) is 16.4. The number of carbonyl (C=O) groups is 1. The highest BCUT2D eigenvalue weighted by Crippen LogP contribution is 2.41. The number of hydrogen-bond acceptors (Lipinski definition) is 4. The zero-order valence-corrected chi connectivity index (χ0v) is 15.7. The van der Waals surface area contributed by atoms with Gasteiger partial charge in [0.1, 0.15) is 0 Å². The van der Waals surface area contributed by atoms with E-state index in [1.54, 1.807) is 4.52 Å². The first-order chi connectivity index (χ1) is 13.1. The van der Waals surface area contributed by atoms with Gasteiger partial charge in [-0.1, -0.05) is 24.3 Å². The summed E-state index contributed by atoms with van der Waals surface area (Å²) in [5.74, 6) is 0.684. The first-order valence-corrected chi connectivity index (χ1v) is 9.73. The maximum Gasteiger partial charge on any atom is 0.294 e. The van der Waals surface area contributed by atoms with E-state index in [-0.39, 0.29) is 17.8 Å². The van der Waals surface area contributed by atoms with Gasteiger partial charge >= 0.3 is 0 Å². The minimum Gasteiger partial charge on any atom is -0.326 e. The van der Waals surface area contributed by atoms with Crippen molar-refractivity contribution < 1.29 is 4.79 Å². The number of hydrogen-bond donors (Lipinski definition) is 0. The van der Waals surface area contributed by atoms with Gasteiger partial charge < -0.3 is 4.90 Å². The summed E-state index contributed by atoms with van der Waals surface area (Å²) in [5.41, 5.74) is 4.47. The minimum absolute atomic E-state index is 0.0678. The van der Waals surface area contributed by atoms with Crippen LogP contribution < -0.4 is 0 Å². The van der Waals surface area contributed by atoms with E-state index in [1.165, 1.54) is 11.1 Å². The zero-order chi connectivity index (χ0) is 18.5. The predicted octanol–water partition coefficient (Wildman–Crippen LogP) is 3.42. The maximum atomic E-state index is 13.5. The van der Waals surface area contributed by atoms with Crippen LogP contribution in [0.3, 0.4) is 0 Å². The summed E-state index contributed by atoms with van der Waals surface area (Å²) in [7, 11) is 0. The molecular formula is C21H23N5O. The van der Waals surface area contributed by atoms with Crippen LogP contribution in [0.15, 0.2) is 30.3 Å². The molecule has 0 spiro atoms. The number of amides is 1. The van der Waals surface area contributed by atoms with E-state index in [9.17, 15) is 4.79 Å². The summed E-state index contributed by atoms with van der Waals surface area (Å²) < 4.78 is 1.67. The Morgan fingerprint density at radius 3 is 2.78 bits per heavy atom. The Balaban J connectivity index is 1.55. The molecule has 5 rings (SSSR count). The molecule has 0 bridgehead atoms. The molecule has 1 amide bonds. The van der Waals surface area contributed by atoms with Crippen molar-refractivity contribution in [2.75, 3.05) is 0 Å². The Bertz CT molecular complexity index is 1040. The fraction of sp³-hybridized carbons (Fsp3) is 0.429. The summed E-state index contributed by atoms with van der Waals surface area (Å²) in [6.07, 6.45) is 5.33. The zero-order valence-electron chi connectivity index (χ0n) is 15.7. The van der Waals surface area contributed by atoms with Crippen molar-refractivity contribution in [2.24, 2.45) is 0 Å². The Morgan fingerprint density at radius 1 is 1.15 bits per heavy atom. The standard InChI is InChI=1S/C21H23N5O/c1-13-12-14(2)26-21(22-13)23-19(24-26)20(27)25(16-10-11-16)18-9-5-7-15-6-3-4-8-17(15)18/h3-4,6,8,12,16,18H,5,7,9-11H2,1-2H3. The Kier molecular flexibility index (Phi) is 3.74. The van der Waals surface area contributed by atoms with Gasteiger partial charge in [0.2, 0.25) is 5.82 Å². The molecule has 2 aliphatic rings. The number of fused-ring (bicyclic) bond motifs is 2. The molecular weight excluding hydrogens is 338 g/mol. The van der Waals surface area contributed by atoms with E-state index in [1.807, 2.05) is 19.9 Å². The molecule has 27 heavy (non-hydrogen) atoms. The minimum atomic E-state index is -0.0678. The van der Waals surface area contributed by atoms with Crippen molar-refractivity contribution in [3.63, 3.8) is 0 Å². The maximum absolute atomic E-state index is 13.5. The molecule has 0 N–H and O–H groups in total.